The summed E-state index contributed by atoms with van der Waals surface area (Å²) in [7, 11) is 1.71. The lowest BCUT2D eigenvalue weighted by atomic mass is 9.96. The van der Waals surface area contributed by atoms with Crippen LogP contribution in [0.2, 0.25) is 0 Å². The maximum absolute atomic E-state index is 13.7. The molecule has 1 heterocycles. The number of anilines is 1. The molecule has 0 radical (unpaired) electrons. The van der Waals surface area contributed by atoms with Gasteiger partial charge in [-0.25, -0.2) is 4.39 Å². The molecule has 0 amide bonds. The Hall–Kier alpha value is -1.42. The van der Waals surface area contributed by atoms with E-state index in [0.29, 0.717) is 17.0 Å². The Balaban J connectivity index is 2.31. The third kappa shape index (κ3) is 3.18. The fourth-order valence-corrected chi connectivity index (χ4v) is 2.87. The molecule has 0 bridgehead atoms. The van der Waals surface area contributed by atoms with Crippen molar-refractivity contribution < 1.29 is 13.9 Å². The number of ether oxygens (including phenoxy) is 1. The Labute approximate surface area is 119 Å². The number of halogens is 1. The predicted molar refractivity (Wildman–Crippen MR) is 78.0 cm³/mol. The smallest absolute Gasteiger partial charge is 0.161 e. The highest BCUT2D eigenvalue weighted by Crippen LogP contribution is 2.29. The van der Waals surface area contributed by atoms with E-state index in [0.717, 1.165) is 38.2 Å². The third-order valence-electron chi connectivity index (χ3n) is 3.92. The van der Waals surface area contributed by atoms with Crippen LogP contribution in [0.25, 0.3) is 0 Å². The van der Waals surface area contributed by atoms with Crippen molar-refractivity contribution in [2.45, 2.75) is 26.7 Å². The predicted octanol–water partition coefficient (Wildman–Crippen LogP) is 3.20. The number of carbonyl (C=O) groups is 1. The fraction of sp³-hybridized carbons (Fsp3) is 0.562. The fourth-order valence-electron chi connectivity index (χ4n) is 2.87. The van der Waals surface area contributed by atoms with Crippen LogP contribution in [0.1, 0.15) is 35.7 Å². The van der Waals surface area contributed by atoms with Gasteiger partial charge < -0.3 is 9.64 Å². The summed E-state index contributed by atoms with van der Waals surface area (Å²) in [4.78, 5) is 14.0. The van der Waals surface area contributed by atoms with Crippen LogP contribution in [-0.4, -0.2) is 32.6 Å². The van der Waals surface area contributed by atoms with Crippen molar-refractivity contribution >= 4 is 11.5 Å². The molecule has 0 N–H and O–H groups in total. The van der Waals surface area contributed by atoms with E-state index in [1.165, 1.54) is 13.0 Å². The van der Waals surface area contributed by atoms with E-state index in [9.17, 15) is 9.18 Å². The minimum absolute atomic E-state index is 0.0900. The largest absolute Gasteiger partial charge is 0.384 e. The number of Topliss-reactive ketones (excluding diaryl/α,β-unsaturated/α-hetero) is 1. The van der Waals surface area contributed by atoms with E-state index in [1.54, 1.807) is 20.1 Å². The van der Waals surface area contributed by atoms with Gasteiger partial charge in [0.15, 0.2) is 5.78 Å². The molecule has 1 fully saturated rings. The van der Waals surface area contributed by atoms with Gasteiger partial charge in [-0.2, -0.15) is 0 Å². The van der Waals surface area contributed by atoms with E-state index in [1.807, 2.05) is 0 Å². The van der Waals surface area contributed by atoms with Gasteiger partial charge in [0.1, 0.15) is 5.82 Å². The number of benzene rings is 1. The van der Waals surface area contributed by atoms with E-state index in [2.05, 4.69) is 4.90 Å². The number of piperidine rings is 1. The molecule has 1 aliphatic heterocycles. The lowest BCUT2D eigenvalue weighted by Gasteiger charge is -2.35. The number of ketones is 1. The molecule has 0 aliphatic carbocycles. The second-order valence-corrected chi connectivity index (χ2v) is 5.58. The molecule has 0 spiro atoms. The number of aryl methyl sites for hydroxylation is 1. The molecule has 1 atom stereocenters. The Bertz CT molecular complexity index is 499. The molecule has 0 saturated carbocycles. The Morgan fingerprint density at radius 2 is 2.25 bits per heavy atom. The summed E-state index contributed by atoms with van der Waals surface area (Å²) in [6.07, 6.45) is 2.21. The maximum Gasteiger partial charge on any atom is 0.161 e. The van der Waals surface area contributed by atoms with E-state index < -0.39 is 0 Å². The first-order valence-corrected chi connectivity index (χ1v) is 7.08. The molecular formula is C16H22FNO2. The Morgan fingerprint density at radius 1 is 1.50 bits per heavy atom. The summed E-state index contributed by atoms with van der Waals surface area (Å²) in [6, 6.07) is 3.16. The van der Waals surface area contributed by atoms with Crippen molar-refractivity contribution in [2.24, 2.45) is 5.92 Å². The molecule has 1 aliphatic rings. The van der Waals surface area contributed by atoms with E-state index in [4.69, 9.17) is 4.74 Å². The number of rotatable bonds is 4. The molecular weight excluding hydrogens is 257 g/mol. The van der Waals surface area contributed by atoms with Crippen LogP contribution in [0, 0.1) is 18.7 Å². The van der Waals surface area contributed by atoms with E-state index >= 15 is 0 Å². The van der Waals surface area contributed by atoms with Crippen molar-refractivity contribution in [3.63, 3.8) is 0 Å². The van der Waals surface area contributed by atoms with Crippen molar-refractivity contribution in [1.82, 2.24) is 0 Å². The Morgan fingerprint density at radius 3 is 2.90 bits per heavy atom. The van der Waals surface area contributed by atoms with Crippen LogP contribution in [0.15, 0.2) is 12.1 Å². The molecule has 0 aromatic heterocycles. The van der Waals surface area contributed by atoms with Crippen LogP contribution >= 0.6 is 0 Å². The molecule has 1 aromatic rings. The third-order valence-corrected chi connectivity index (χ3v) is 3.92. The summed E-state index contributed by atoms with van der Waals surface area (Å²) >= 11 is 0. The molecule has 2 rings (SSSR count). The number of methoxy groups -OCH3 is 1. The molecule has 1 unspecified atom stereocenters. The molecule has 110 valence electrons. The monoisotopic (exact) mass is 279 g/mol. The first-order valence-electron chi connectivity index (χ1n) is 7.08. The SMILES string of the molecule is COCC1CCCN(c2cc(C)c(F)cc2C(C)=O)C1. The van der Waals surface area contributed by atoms with Crippen LogP contribution in [0.4, 0.5) is 10.1 Å². The van der Waals surface area contributed by atoms with Crippen molar-refractivity contribution in [3.8, 4) is 0 Å². The number of hydrogen-bond acceptors (Lipinski definition) is 3. The highest BCUT2D eigenvalue weighted by Gasteiger charge is 2.23. The van der Waals surface area contributed by atoms with Gasteiger partial charge in [0.05, 0.1) is 6.61 Å². The number of carbonyl (C=O) groups excluding carboxylic acids is 1. The van der Waals surface area contributed by atoms with Crippen LogP contribution < -0.4 is 4.90 Å². The maximum atomic E-state index is 13.7. The molecule has 4 heteroatoms. The van der Waals surface area contributed by atoms with Crippen molar-refractivity contribution in [3.05, 3.63) is 29.1 Å². The first-order chi connectivity index (χ1) is 9.52. The van der Waals surface area contributed by atoms with Gasteiger partial charge >= 0.3 is 0 Å². The second-order valence-electron chi connectivity index (χ2n) is 5.58. The number of nitrogens with zero attached hydrogens (tertiary/aromatic N) is 1. The van der Waals surface area contributed by atoms with Gasteiger partial charge in [-0.3, -0.25) is 4.79 Å². The van der Waals surface area contributed by atoms with Gasteiger partial charge in [0, 0.05) is 31.5 Å². The quantitative estimate of drug-likeness (QED) is 0.793. The minimum Gasteiger partial charge on any atom is -0.384 e. The zero-order valence-corrected chi connectivity index (χ0v) is 12.4. The van der Waals surface area contributed by atoms with Gasteiger partial charge in [0.25, 0.3) is 0 Å². The summed E-state index contributed by atoms with van der Waals surface area (Å²) in [5.41, 5.74) is 1.92. The summed E-state index contributed by atoms with van der Waals surface area (Å²) in [5, 5.41) is 0. The molecule has 1 saturated heterocycles. The summed E-state index contributed by atoms with van der Waals surface area (Å²) in [5.74, 6) is 0.0658. The second kappa shape index (κ2) is 6.35. The van der Waals surface area contributed by atoms with Gasteiger partial charge in [0.2, 0.25) is 0 Å². The van der Waals surface area contributed by atoms with Gasteiger partial charge in [-0.1, -0.05) is 0 Å². The highest BCUT2D eigenvalue weighted by molar-refractivity contribution is 6.00. The average molecular weight is 279 g/mol. The summed E-state index contributed by atoms with van der Waals surface area (Å²) in [6.45, 7) is 5.72. The summed E-state index contributed by atoms with van der Waals surface area (Å²) < 4.78 is 18.9. The molecule has 20 heavy (non-hydrogen) atoms. The molecule has 3 nitrogen and oxygen atoms in total. The normalized spacial score (nSPS) is 19.2. The standard InChI is InChI=1S/C16H22FNO2/c1-11-7-16(14(12(2)19)8-15(11)17)18-6-4-5-13(9-18)10-20-3/h7-8,13H,4-6,9-10H2,1-3H3. The first kappa shape index (κ1) is 15.0. The lowest BCUT2D eigenvalue weighted by Crippen LogP contribution is -2.38. The lowest BCUT2D eigenvalue weighted by molar-refractivity contribution is 0.101. The Kier molecular flexibility index (Phi) is 4.76. The van der Waals surface area contributed by atoms with Crippen molar-refractivity contribution in [2.75, 3.05) is 31.7 Å². The van der Waals surface area contributed by atoms with Crippen molar-refractivity contribution in [1.29, 1.82) is 0 Å². The van der Waals surface area contributed by atoms with Crippen LogP contribution in [0.3, 0.4) is 0 Å². The zero-order valence-electron chi connectivity index (χ0n) is 12.4. The van der Waals surface area contributed by atoms with E-state index in [-0.39, 0.29) is 11.6 Å². The minimum atomic E-state index is -0.315. The van der Waals surface area contributed by atoms with Gasteiger partial charge in [-0.05, 0) is 50.3 Å². The number of hydrogen-bond donors (Lipinski definition) is 0. The molecule has 1 aromatic carbocycles. The van der Waals surface area contributed by atoms with Crippen LogP contribution in [0.5, 0.6) is 0 Å². The zero-order chi connectivity index (χ0) is 14.7. The van der Waals surface area contributed by atoms with Gasteiger partial charge in [-0.15, -0.1) is 0 Å². The average Bonchev–Trinajstić information content (AvgIpc) is 2.42. The topological polar surface area (TPSA) is 29.5 Å². The highest BCUT2D eigenvalue weighted by atomic mass is 19.1. The van der Waals surface area contributed by atoms with Crippen LogP contribution in [-0.2, 0) is 4.74 Å².